The number of aromatic nitrogens is 1. The number of halogens is 2. The molecule has 0 fully saturated rings. The normalized spacial score (nSPS) is 12.5. The van der Waals surface area contributed by atoms with E-state index in [9.17, 15) is 4.39 Å². The average Bonchev–Trinajstić information content (AvgIpc) is 2.21. The molecular weight excluding hydrogens is 263 g/mol. The van der Waals surface area contributed by atoms with Gasteiger partial charge in [0.2, 0.25) is 0 Å². The first-order valence-corrected chi connectivity index (χ1v) is 5.65. The molecule has 0 aliphatic rings. The fourth-order valence-corrected chi connectivity index (χ4v) is 1.55. The van der Waals surface area contributed by atoms with Crippen LogP contribution in [0.15, 0.2) is 16.7 Å². The first kappa shape index (κ1) is 12.4. The van der Waals surface area contributed by atoms with Crippen molar-refractivity contribution in [3.05, 3.63) is 22.6 Å². The van der Waals surface area contributed by atoms with Gasteiger partial charge in [0, 0.05) is 23.3 Å². The van der Waals surface area contributed by atoms with Crippen LogP contribution in [0.4, 0.5) is 10.2 Å². The van der Waals surface area contributed by atoms with Crippen LogP contribution in [-0.2, 0) is 0 Å². The van der Waals surface area contributed by atoms with Crippen molar-refractivity contribution < 1.29 is 9.50 Å². The predicted molar refractivity (Wildman–Crippen MR) is 61.3 cm³/mol. The number of hydrogen-bond acceptors (Lipinski definition) is 3. The summed E-state index contributed by atoms with van der Waals surface area (Å²) in [6.45, 7) is 2.06. The van der Waals surface area contributed by atoms with Gasteiger partial charge in [-0.15, -0.1) is 0 Å². The molecule has 0 amide bonds. The second-order valence-corrected chi connectivity index (χ2v) is 4.16. The van der Waals surface area contributed by atoms with E-state index in [-0.39, 0.29) is 24.3 Å². The van der Waals surface area contributed by atoms with Crippen LogP contribution in [0.5, 0.6) is 0 Å². The van der Waals surface area contributed by atoms with E-state index >= 15 is 0 Å². The molecule has 1 unspecified atom stereocenters. The van der Waals surface area contributed by atoms with E-state index in [0.29, 0.717) is 10.9 Å². The maximum absolute atomic E-state index is 13.4. The van der Waals surface area contributed by atoms with Gasteiger partial charge < -0.3 is 10.4 Å². The molecule has 15 heavy (non-hydrogen) atoms. The monoisotopic (exact) mass is 276 g/mol. The van der Waals surface area contributed by atoms with Crippen molar-refractivity contribution in [2.24, 2.45) is 0 Å². The van der Waals surface area contributed by atoms with Gasteiger partial charge in [0.05, 0.1) is 0 Å². The van der Waals surface area contributed by atoms with Gasteiger partial charge in [0.1, 0.15) is 0 Å². The quantitative estimate of drug-likeness (QED) is 0.869. The summed E-state index contributed by atoms with van der Waals surface area (Å²) in [6, 6.07) is 1.42. The molecule has 1 heterocycles. The number of aliphatic hydroxyl groups excluding tert-OH is 1. The van der Waals surface area contributed by atoms with Crippen LogP contribution in [0.25, 0.3) is 0 Å². The minimum atomic E-state index is -0.388. The van der Waals surface area contributed by atoms with E-state index < -0.39 is 0 Å². The second-order valence-electron chi connectivity index (χ2n) is 3.25. The topological polar surface area (TPSA) is 45.1 Å². The van der Waals surface area contributed by atoms with E-state index in [0.717, 1.165) is 6.42 Å². The van der Waals surface area contributed by atoms with E-state index in [1.165, 1.54) is 12.3 Å². The Balaban J connectivity index is 2.70. The summed E-state index contributed by atoms with van der Waals surface area (Å²) in [5.41, 5.74) is 0. The molecule has 84 valence electrons. The summed E-state index contributed by atoms with van der Waals surface area (Å²) in [5.74, 6) is -0.153. The van der Waals surface area contributed by atoms with Gasteiger partial charge in [-0.3, -0.25) is 0 Å². The van der Waals surface area contributed by atoms with Gasteiger partial charge in [-0.1, -0.05) is 6.92 Å². The number of rotatable bonds is 5. The van der Waals surface area contributed by atoms with Gasteiger partial charge in [0.15, 0.2) is 11.6 Å². The van der Waals surface area contributed by atoms with Crippen molar-refractivity contribution in [2.75, 3.05) is 11.9 Å². The van der Waals surface area contributed by atoms with E-state index in [4.69, 9.17) is 5.11 Å². The molecule has 1 aromatic heterocycles. The lowest BCUT2D eigenvalue weighted by molar-refractivity contribution is 0.278. The van der Waals surface area contributed by atoms with E-state index in [1.54, 1.807) is 0 Å². The molecule has 0 spiro atoms. The zero-order chi connectivity index (χ0) is 11.3. The van der Waals surface area contributed by atoms with Gasteiger partial charge in [-0.05, 0) is 34.8 Å². The summed E-state index contributed by atoms with van der Waals surface area (Å²) in [4.78, 5) is 3.93. The van der Waals surface area contributed by atoms with Crippen molar-refractivity contribution in [1.29, 1.82) is 0 Å². The highest BCUT2D eigenvalue weighted by atomic mass is 79.9. The Morgan fingerprint density at radius 3 is 2.93 bits per heavy atom. The summed E-state index contributed by atoms with van der Waals surface area (Å²) in [7, 11) is 0. The van der Waals surface area contributed by atoms with Crippen molar-refractivity contribution in [3.63, 3.8) is 0 Å². The van der Waals surface area contributed by atoms with E-state index in [1.807, 2.05) is 6.92 Å². The highest BCUT2D eigenvalue weighted by Crippen LogP contribution is 2.17. The number of pyridine rings is 1. The lowest BCUT2D eigenvalue weighted by Crippen LogP contribution is -2.21. The molecule has 0 bridgehead atoms. The van der Waals surface area contributed by atoms with Crippen LogP contribution >= 0.6 is 15.9 Å². The van der Waals surface area contributed by atoms with E-state index in [2.05, 4.69) is 26.2 Å². The first-order chi connectivity index (χ1) is 7.17. The molecule has 0 saturated heterocycles. The SMILES string of the molecule is CCC(CCO)Nc1ncc(Br)cc1F. The Bertz CT molecular complexity index is 322. The Hall–Kier alpha value is -0.680. The van der Waals surface area contributed by atoms with Crippen LogP contribution in [-0.4, -0.2) is 22.7 Å². The van der Waals surface area contributed by atoms with Gasteiger partial charge in [-0.2, -0.15) is 0 Å². The average molecular weight is 277 g/mol. The maximum atomic E-state index is 13.4. The number of nitrogens with one attached hydrogen (secondary N) is 1. The summed E-state index contributed by atoms with van der Waals surface area (Å²) >= 11 is 3.14. The Labute approximate surface area is 96.9 Å². The third-order valence-corrected chi connectivity index (χ3v) is 2.55. The molecular formula is C10H14BrFN2O. The fraction of sp³-hybridized carbons (Fsp3) is 0.500. The molecule has 1 rings (SSSR count). The number of anilines is 1. The fourth-order valence-electron chi connectivity index (χ4n) is 1.25. The Morgan fingerprint density at radius 2 is 2.40 bits per heavy atom. The summed E-state index contributed by atoms with van der Waals surface area (Å²) in [5, 5.41) is 11.8. The molecule has 0 saturated carbocycles. The molecule has 3 nitrogen and oxygen atoms in total. The molecule has 1 atom stereocenters. The predicted octanol–water partition coefficient (Wildman–Crippen LogP) is 2.56. The first-order valence-electron chi connectivity index (χ1n) is 4.85. The van der Waals surface area contributed by atoms with Crippen molar-refractivity contribution in [1.82, 2.24) is 4.98 Å². The maximum Gasteiger partial charge on any atom is 0.166 e. The van der Waals surface area contributed by atoms with Crippen LogP contribution in [0.1, 0.15) is 19.8 Å². The van der Waals surface area contributed by atoms with Crippen LogP contribution < -0.4 is 5.32 Å². The van der Waals surface area contributed by atoms with Crippen LogP contribution in [0.2, 0.25) is 0 Å². The lowest BCUT2D eigenvalue weighted by atomic mass is 10.1. The summed E-state index contributed by atoms with van der Waals surface area (Å²) in [6.07, 6.45) is 2.95. The Kier molecular flexibility index (Phi) is 4.98. The Morgan fingerprint density at radius 1 is 1.67 bits per heavy atom. The van der Waals surface area contributed by atoms with Crippen molar-refractivity contribution in [3.8, 4) is 0 Å². The van der Waals surface area contributed by atoms with Crippen molar-refractivity contribution >= 4 is 21.7 Å². The minimum Gasteiger partial charge on any atom is -0.396 e. The molecule has 2 N–H and O–H groups in total. The largest absolute Gasteiger partial charge is 0.396 e. The van der Waals surface area contributed by atoms with Gasteiger partial charge >= 0.3 is 0 Å². The zero-order valence-corrected chi connectivity index (χ0v) is 10.1. The summed E-state index contributed by atoms with van der Waals surface area (Å²) < 4.78 is 14.0. The van der Waals surface area contributed by atoms with Gasteiger partial charge in [-0.25, -0.2) is 9.37 Å². The molecule has 0 radical (unpaired) electrons. The second kappa shape index (κ2) is 6.02. The lowest BCUT2D eigenvalue weighted by Gasteiger charge is -2.16. The third kappa shape index (κ3) is 3.76. The van der Waals surface area contributed by atoms with Gasteiger partial charge in [0.25, 0.3) is 0 Å². The smallest absolute Gasteiger partial charge is 0.166 e. The standard InChI is InChI=1S/C10H14BrFN2O/c1-2-8(3-4-15)14-10-9(12)5-7(11)6-13-10/h5-6,8,15H,2-4H2,1H3,(H,13,14). The van der Waals surface area contributed by atoms with Crippen molar-refractivity contribution in [2.45, 2.75) is 25.8 Å². The third-order valence-electron chi connectivity index (χ3n) is 2.12. The molecule has 0 aromatic carbocycles. The van der Waals surface area contributed by atoms with Crippen LogP contribution in [0.3, 0.4) is 0 Å². The number of nitrogens with zero attached hydrogens (tertiary/aromatic N) is 1. The highest BCUT2D eigenvalue weighted by Gasteiger charge is 2.09. The number of aliphatic hydroxyl groups is 1. The highest BCUT2D eigenvalue weighted by molar-refractivity contribution is 9.10. The zero-order valence-electron chi connectivity index (χ0n) is 8.50. The molecule has 0 aliphatic carbocycles. The minimum absolute atomic E-state index is 0.0539. The van der Waals surface area contributed by atoms with Crippen LogP contribution in [0, 0.1) is 5.82 Å². The molecule has 1 aromatic rings. The molecule has 5 heteroatoms. The molecule has 0 aliphatic heterocycles. The number of hydrogen-bond donors (Lipinski definition) is 2.